The van der Waals surface area contributed by atoms with E-state index < -0.39 is 0 Å². The average Bonchev–Trinajstić information content (AvgIpc) is 3.69. The number of likely N-dealkylation sites (tertiary alicyclic amines) is 2. The van der Waals surface area contributed by atoms with Crippen molar-refractivity contribution in [2.45, 2.75) is 90.0 Å². The fourth-order valence-corrected chi connectivity index (χ4v) is 11.5. The molecule has 5 N–H and O–H groups in total. The molecule has 18 heteroatoms. The highest BCUT2D eigenvalue weighted by molar-refractivity contribution is 9.10. The summed E-state index contributed by atoms with van der Waals surface area (Å²) in [5, 5.41) is 4.85. The van der Waals surface area contributed by atoms with Gasteiger partial charge in [0.2, 0.25) is 11.8 Å². The Balaban J connectivity index is 0.000000166. The van der Waals surface area contributed by atoms with Crippen LogP contribution in [0.1, 0.15) is 103 Å². The normalized spacial score (nSPS) is 18.5. The summed E-state index contributed by atoms with van der Waals surface area (Å²) < 4.78 is 2.07. The number of hydrogen-bond donors (Lipinski definition) is 3. The summed E-state index contributed by atoms with van der Waals surface area (Å²) in [7, 11) is 0. The number of halogens is 4. The van der Waals surface area contributed by atoms with E-state index in [0.717, 1.165) is 148 Å². The van der Waals surface area contributed by atoms with Gasteiger partial charge in [0.1, 0.15) is 0 Å². The monoisotopic (exact) mass is 1160 g/mol. The van der Waals surface area contributed by atoms with Gasteiger partial charge in [0.05, 0.1) is 11.7 Å². The molecule has 4 saturated heterocycles. The van der Waals surface area contributed by atoms with Crippen molar-refractivity contribution in [1.82, 2.24) is 39.8 Å². The summed E-state index contributed by atoms with van der Waals surface area (Å²) >= 11 is 19.4. The second-order valence-corrected chi connectivity index (χ2v) is 21.8. The SMILES string of the molecule is C#C.CCC(=O)N1CCN([C@@H]2c3ccc(Cl)cc3CCc3cc(Br)cnc32)CC1.Clc1ccc2c(c1)CCc1cc(Br)cnc1C2.NC(=O)N1CCC(CC(=O)N2CCNCC2)CC1.NC(=O)N1CCCCC1. The first-order chi connectivity index (χ1) is 35.3. The van der Waals surface area contributed by atoms with Crippen molar-refractivity contribution in [3.63, 3.8) is 0 Å². The number of fused-ring (bicyclic) bond motifs is 4. The molecule has 0 radical (unpaired) electrons. The maximum Gasteiger partial charge on any atom is 0.314 e. The van der Waals surface area contributed by atoms with E-state index >= 15 is 0 Å². The molecular formula is C55H70Br2Cl2N10O4. The third-order valence-corrected chi connectivity index (χ3v) is 15.7. The number of nitrogens with two attached hydrogens (primary N) is 2. The van der Waals surface area contributed by atoms with Gasteiger partial charge in [-0.2, -0.15) is 0 Å². The number of nitrogens with one attached hydrogen (secondary N) is 1. The first-order valence-electron chi connectivity index (χ1n) is 25.5. The summed E-state index contributed by atoms with van der Waals surface area (Å²) in [6, 6.07) is 16.3. The first kappa shape index (κ1) is 57.5. The van der Waals surface area contributed by atoms with Gasteiger partial charge in [-0.05, 0) is 165 Å². The van der Waals surface area contributed by atoms with Crippen LogP contribution in [0.2, 0.25) is 10.0 Å². The third-order valence-electron chi connectivity index (χ3n) is 14.4. The highest BCUT2D eigenvalue weighted by Crippen LogP contribution is 2.38. The first-order valence-corrected chi connectivity index (χ1v) is 27.9. The molecule has 0 saturated carbocycles. The van der Waals surface area contributed by atoms with E-state index in [0.29, 0.717) is 31.8 Å². The minimum Gasteiger partial charge on any atom is -0.351 e. The number of terminal acetylenes is 1. The number of rotatable bonds is 4. The molecule has 2 aromatic carbocycles. The summed E-state index contributed by atoms with van der Waals surface area (Å²) in [6.45, 7) is 11.7. The summed E-state index contributed by atoms with van der Waals surface area (Å²) in [6.07, 6.45) is 23.1. The van der Waals surface area contributed by atoms with Crippen LogP contribution in [-0.4, -0.2) is 137 Å². The van der Waals surface area contributed by atoms with Crippen LogP contribution in [-0.2, 0) is 41.7 Å². The lowest BCUT2D eigenvalue weighted by molar-refractivity contribution is -0.133. The van der Waals surface area contributed by atoms with Gasteiger partial charge >= 0.3 is 12.1 Å². The number of aryl methyl sites for hydroxylation is 4. The number of amides is 6. The number of aromatic nitrogens is 2. The molecule has 6 amide bonds. The quantitative estimate of drug-likeness (QED) is 0.170. The number of piperidine rings is 2. The topological polar surface area (TPSA) is 174 Å². The molecule has 4 aliphatic heterocycles. The number of urea groups is 2. The molecule has 4 aromatic rings. The van der Waals surface area contributed by atoms with E-state index in [-0.39, 0.29) is 29.9 Å². The predicted molar refractivity (Wildman–Crippen MR) is 298 cm³/mol. The van der Waals surface area contributed by atoms with Crippen molar-refractivity contribution in [3.05, 3.63) is 125 Å². The summed E-state index contributed by atoms with van der Waals surface area (Å²) in [5.74, 6) is 0.905. The van der Waals surface area contributed by atoms with Crippen molar-refractivity contribution in [3.8, 4) is 12.8 Å². The fraction of sp³-hybridized carbons (Fsp3) is 0.491. The molecule has 2 aromatic heterocycles. The highest BCUT2D eigenvalue weighted by Gasteiger charge is 2.33. The number of pyridine rings is 2. The van der Waals surface area contributed by atoms with Crippen LogP contribution in [0.3, 0.4) is 0 Å². The van der Waals surface area contributed by atoms with Gasteiger partial charge in [0, 0.05) is 135 Å². The van der Waals surface area contributed by atoms with E-state index in [9.17, 15) is 19.2 Å². The van der Waals surface area contributed by atoms with Gasteiger partial charge in [-0.25, -0.2) is 9.59 Å². The van der Waals surface area contributed by atoms with Crippen LogP contribution in [0.25, 0.3) is 0 Å². The zero-order chi connectivity index (χ0) is 52.4. The minimum absolute atomic E-state index is 0.113. The minimum atomic E-state index is -0.345. The molecule has 6 aliphatic rings. The highest BCUT2D eigenvalue weighted by atomic mass is 79.9. The molecule has 0 bridgehead atoms. The lowest BCUT2D eigenvalue weighted by atomic mass is 9.93. The lowest BCUT2D eigenvalue weighted by Gasteiger charge is -2.39. The van der Waals surface area contributed by atoms with E-state index in [1.807, 2.05) is 41.2 Å². The molecule has 10 rings (SSSR count). The van der Waals surface area contributed by atoms with Gasteiger partial charge < -0.3 is 36.4 Å². The number of piperazine rings is 2. The molecule has 4 fully saturated rings. The van der Waals surface area contributed by atoms with E-state index in [1.165, 1.54) is 45.5 Å². The number of hydrogen-bond acceptors (Lipinski definition) is 8. The molecule has 14 nitrogen and oxygen atoms in total. The smallest absolute Gasteiger partial charge is 0.314 e. The van der Waals surface area contributed by atoms with E-state index in [4.69, 9.17) is 39.7 Å². The Hall–Kier alpha value is -4.76. The zero-order valence-electron chi connectivity index (χ0n) is 42.0. The fourth-order valence-electron chi connectivity index (χ4n) is 10.3. The van der Waals surface area contributed by atoms with E-state index in [2.05, 4.69) is 96.3 Å². The number of carbonyl (C=O) groups excluding carboxylic acids is 4. The summed E-state index contributed by atoms with van der Waals surface area (Å²) in [5.41, 5.74) is 20.5. The van der Waals surface area contributed by atoms with Crippen molar-refractivity contribution in [2.24, 2.45) is 17.4 Å². The molecular weight excluding hydrogens is 1100 g/mol. The van der Waals surface area contributed by atoms with E-state index in [1.54, 1.807) is 9.80 Å². The van der Waals surface area contributed by atoms with Gasteiger partial charge in [-0.15, -0.1) is 12.8 Å². The number of carbonyl (C=O) groups is 4. The van der Waals surface area contributed by atoms with Crippen LogP contribution < -0.4 is 16.8 Å². The van der Waals surface area contributed by atoms with Crippen molar-refractivity contribution in [2.75, 3.05) is 78.5 Å². The lowest BCUT2D eigenvalue weighted by Crippen LogP contribution is -2.50. The average molecular weight is 1170 g/mol. The van der Waals surface area contributed by atoms with Crippen molar-refractivity contribution >= 4 is 78.9 Å². The molecule has 73 heavy (non-hydrogen) atoms. The molecule has 1 atom stereocenters. The van der Waals surface area contributed by atoms with Crippen LogP contribution in [0, 0.1) is 18.8 Å². The number of nitrogens with zero attached hydrogens (tertiary/aromatic N) is 7. The Bertz CT molecular complexity index is 2420. The zero-order valence-corrected chi connectivity index (χ0v) is 46.7. The molecule has 0 unspecified atom stereocenters. The Kier molecular flexibility index (Phi) is 22.7. The largest absolute Gasteiger partial charge is 0.351 e. The Labute approximate surface area is 458 Å². The standard InChI is InChI=1S/C21H23BrClN3O.C14H11BrClN.C12H22N4O2.C6H12N2O.C2H2/c1-2-19(27)25-7-9-26(10-8-25)21-18-6-5-17(23)12-14(18)3-4-15-11-16(22)13-24-20(15)21;15-12-5-11-2-1-9-6-13(16)4-3-10(9)7-14(11)17-8-12;13-12(18)16-5-1-10(2-6-16)9-11(17)15-7-3-14-4-8-15;7-6(9)8-4-2-1-3-5-8;1-2/h5-6,11-13,21H,2-4,7-10H2,1H3;3-6,8H,1-2,7H2;10,14H,1-9H2,(H2,13,18);1-5H2,(H2,7,9);1-2H/t21-;;;;/m1..../s1. The summed E-state index contributed by atoms with van der Waals surface area (Å²) in [4.78, 5) is 64.7. The van der Waals surface area contributed by atoms with Crippen LogP contribution in [0.4, 0.5) is 9.59 Å². The van der Waals surface area contributed by atoms with Gasteiger partial charge in [0.25, 0.3) is 0 Å². The Morgan fingerprint density at radius 3 is 1.81 bits per heavy atom. The Morgan fingerprint density at radius 1 is 0.630 bits per heavy atom. The van der Waals surface area contributed by atoms with Crippen LogP contribution in [0.5, 0.6) is 0 Å². The second-order valence-electron chi connectivity index (χ2n) is 19.1. The maximum absolute atomic E-state index is 12.1. The number of primary amides is 2. The van der Waals surface area contributed by atoms with Gasteiger partial charge in [-0.1, -0.05) is 42.3 Å². The Morgan fingerprint density at radius 2 is 1.18 bits per heavy atom. The molecule has 2 aliphatic carbocycles. The van der Waals surface area contributed by atoms with Gasteiger partial charge in [0.15, 0.2) is 0 Å². The number of benzene rings is 2. The molecule has 6 heterocycles. The van der Waals surface area contributed by atoms with Crippen LogP contribution in [0.15, 0.2) is 69.9 Å². The maximum atomic E-state index is 12.1. The van der Waals surface area contributed by atoms with Gasteiger partial charge in [-0.3, -0.25) is 24.5 Å². The van der Waals surface area contributed by atoms with Crippen molar-refractivity contribution < 1.29 is 19.2 Å². The van der Waals surface area contributed by atoms with Crippen molar-refractivity contribution in [1.29, 1.82) is 0 Å². The predicted octanol–water partition coefficient (Wildman–Crippen LogP) is 8.83. The molecule has 0 spiro atoms. The third kappa shape index (κ3) is 16.6. The second kappa shape index (κ2) is 28.8. The molecule has 392 valence electrons. The van der Waals surface area contributed by atoms with Crippen LogP contribution >= 0.6 is 55.1 Å².